The van der Waals surface area contributed by atoms with E-state index in [1.165, 1.54) is 4.90 Å². The first kappa shape index (κ1) is 8.37. The summed E-state index contributed by atoms with van der Waals surface area (Å²) in [6, 6.07) is 6.02. The van der Waals surface area contributed by atoms with Gasteiger partial charge in [-0.3, -0.25) is 0 Å². The highest BCUT2D eigenvalue weighted by molar-refractivity contribution is 14.1. The van der Waals surface area contributed by atoms with Gasteiger partial charge in [0.1, 0.15) is 5.52 Å². The molecule has 2 rings (SSSR count). The van der Waals surface area contributed by atoms with Crippen molar-refractivity contribution >= 4 is 45.5 Å². The fraction of sp³-hybridized carbons (Fsp3) is 0.125. The Labute approximate surface area is 87.9 Å². The Kier molecular flexibility index (Phi) is 2.27. The lowest BCUT2D eigenvalue weighted by Gasteiger charge is -1.92. The third-order valence-corrected chi connectivity index (χ3v) is 2.76. The zero-order chi connectivity index (χ0) is 8.55. The summed E-state index contributed by atoms with van der Waals surface area (Å²) in [5.41, 5.74) is 1.79. The molecule has 0 amide bonds. The number of nitrogens with zero attached hydrogens (tertiary/aromatic N) is 1. The van der Waals surface area contributed by atoms with Crippen LogP contribution in [0.1, 0.15) is 0 Å². The number of hydrogen-bond donors (Lipinski definition) is 0. The standard InChI is InChI=1S/C8H6INOS/c1-12-5-2-3-7-6(4-5)10-8(9)11-7/h2-4H,1H3. The van der Waals surface area contributed by atoms with E-state index in [1.807, 2.05) is 24.5 Å². The first-order valence-corrected chi connectivity index (χ1v) is 5.70. The van der Waals surface area contributed by atoms with Crippen LogP contribution in [0.15, 0.2) is 27.5 Å². The van der Waals surface area contributed by atoms with Crippen molar-refractivity contribution in [3.63, 3.8) is 0 Å². The molecule has 4 heteroatoms. The Morgan fingerprint density at radius 1 is 1.50 bits per heavy atom. The molecule has 0 bridgehead atoms. The van der Waals surface area contributed by atoms with Crippen molar-refractivity contribution in [3.05, 3.63) is 22.1 Å². The zero-order valence-electron chi connectivity index (χ0n) is 6.37. The second-order valence-corrected chi connectivity index (χ2v) is 4.10. The second-order valence-electron chi connectivity index (χ2n) is 2.30. The van der Waals surface area contributed by atoms with Gasteiger partial charge >= 0.3 is 0 Å². The third kappa shape index (κ3) is 1.45. The van der Waals surface area contributed by atoms with Gasteiger partial charge in [-0.2, -0.15) is 0 Å². The summed E-state index contributed by atoms with van der Waals surface area (Å²) in [6.07, 6.45) is 2.05. The molecule has 0 spiro atoms. The minimum absolute atomic E-state index is 0.695. The lowest BCUT2D eigenvalue weighted by Crippen LogP contribution is -1.70. The quantitative estimate of drug-likeness (QED) is 0.596. The van der Waals surface area contributed by atoms with Crippen LogP contribution >= 0.6 is 34.4 Å². The average molecular weight is 291 g/mol. The summed E-state index contributed by atoms with van der Waals surface area (Å²) in [4.78, 5) is 5.44. The average Bonchev–Trinajstić information content (AvgIpc) is 2.43. The lowest BCUT2D eigenvalue weighted by atomic mass is 10.3. The summed E-state index contributed by atoms with van der Waals surface area (Å²) in [5, 5.41) is 0. The largest absolute Gasteiger partial charge is 0.432 e. The Morgan fingerprint density at radius 3 is 3.08 bits per heavy atom. The summed E-state index contributed by atoms with van der Waals surface area (Å²) in [6.45, 7) is 0. The normalized spacial score (nSPS) is 10.8. The van der Waals surface area contributed by atoms with Crippen LogP contribution in [0, 0.1) is 3.90 Å². The first-order valence-electron chi connectivity index (χ1n) is 3.39. The van der Waals surface area contributed by atoms with Crippen LogP contribution in [0.2, 0.25) is 0 Å². The fourth-order valence-corrected chi connectivity index (χ4v) is 1.94. The number of rotatable bonds is 1. The number of fused-ring (bicyclic) bond motifs is 1. The highest BCUT2D eigenvalue weighted by Crippen LogP contribution is 2.22. The number of benzene rings is 1. The summed E-state index contributed by atoms with van der Waals surface area (Å²) < 4.78 is 6.03. The van der Waals surface area contributed by atoms with Crippen LogP contribution in [-0.4, -0.2) is 11.2 Å². The molecule has 0 fully saturated rings. The smallest absolute Gasteiger partial charge is 0.258 e. The molecular formula is C8H6INOS. The Bertz CT molecular complexity index is 412. The molecule has 0 aliphatic carbocycles. The molecule has 0 unspecified atom stereocenters. The van der Waals surface area contributed by atoms with Crippen molar-refractivity contribution in [2.24, 2.45) is 0 Å². The van der Waals surface area contributed by atoms with Gasteiger partial charge in [-0.05, 0) is 24.5 Å². The summed E-state index contributed by atoms with van der Waals surface area (Å²) in [7, 11) is 0. The molecule has 0 saturated heterocycles. The van der Waals surface area contributed by atoms with E-state index < -0.39 is 0 Å². The van der Waals surface area contributed by atoms with Gasteiger partial charge in [-0.1, -0.05) is 0 Å². The Hall–Kier alpha value is -0.230. The van der Waals surface area contributed by atoms with E-state index in [2.05, 4.69) is 27.6 Å². The zero-order valence-corrected chi connectivity index (χ0v) is 9.35. The van der Waals surface area contributed by atoms with Crippen molar-refractivity contribution in [3.8, 4) is 0 Å². The van der Waals surface area contributed by atoms with Crippen molar-refractivity contribution in [1.82, 2.24) is 4.98 Å². The van der Waals surface area contributed by atoms with Crippen molar-refractivity contribution in [2.75, 3.05) is 6.26 Å². The van der Waals surface area contributed by atoms with E-state index >= 15 is 0 Å². The monoisotopic (exact) mass is 291 g/mol. The maximum absolute atomic E-state index is 5.33. The predicted molar refractivity (Wildman–Crippen MR) is 58.5 cm³/mol. The molecule has 0 radical (unpaired) electrons. The molecule has 0 aliphatic rings. The third-order valence-electron chi connectivity index (χ3n) is 1.57. The molecule has 0 atom stereocenters. The van der Waals surface area contributed by atoms with Crippen LogP contribution in [0.4, 0.5) is 0 Å². The van der Waals surface area contributed by atoms with Gasteiger partial charge in [0.2, 0.25) is 0 Å². The number of aromatic nitrogens is 1. The second kappa shape index (κ2) is 3.26. The number of oxazole rings is 1. The van der Waals surface area contributed by atoms with Crippen molar-refractivity contribution in [1.29, 1.82) is 0 Å². The van der Waals surface area contributed by atoms with Crippen molar-refractivity contribution in [2.45, 2.75) is 4.90 Å². The lowest BCUT2D eigenvalue weighted by molar-refractivity contribution is 0.566. The SMILES string of the molecule is CSc1ccc2oc(I)nc2c1. The van der Waals surface area contributed by atoms with Gasteiger partial charge in [0.05, 0.1) is 0 Å². The summed E-state index contributed by atoms with van der Waals surface area (Å²) >= 11 is 3.78. The Morgan fingerprint density at radius 2 is 2.33 bits per heavy atom. The van der Waals surface area contributed by atoms with Crippen LogP contribution in [-0.2, 0) is 0 Å². The van der Waals surface area contributed by atoms with Gasteiger partial charge < -0.3 is 4.42 Å². The van der Waals surface area contributed by atoms with Crippen LogP contribution in [0.3, 0.4) is 0 Å². The highest BCUT2D eigenvalue weighted by atomic mass is 127. The number of hydrogen-bond acceptors (Lipinski definition) is 3. The van der Waals surface area contributed by atoms with E-state index in [-0.39, 0.29) is 0 Å². The van der Waals surface area contributed by atoms with Gasteiger partial charge in [0, 0.05) is 27.5 Å². The van der Waals surface area contributed by atoms with Crippen LogP contribution < -0.4 is 0 Å². The van der Waals surface area contributed by atoms with E-state index in [4.69, 9.17) is 4.42 Å². The Balaban J connectivity index is 2.66. The molecule has 0 aliphatic heterocycles. The van der Waals surface area contributed by atoms with Crippen LogP contribution in [0.5, 0.6) is 0 Å². The molecular weight excluding hydrogens is 285 g/mol. The minimum atomic E-state index is 0.695. The maximum Gasteiger partial charge on any atom is 0.258 e. The summed E-state index contributed by atoms with van der Waals surface area (Å²) in [5.74, 6) is 0. The molecule has 1 aromatic heterocycles. The molecule has 1 aromatic carbocycles. The molecule has 0 N–H and O–H groups in total. The van der Waals surface area contributed by atoms with E-state index in [0.29, 0.717) is 3.90 Å². The molecule has 62 valence electrons. The molecule has 1 heterocycles. The van der Waals surface area contributed by atoms with Gasteiger partial charge in [-0.25, -0.2) is 4.98 Å². The van der Waals surface area contributed by atoms with Gasteiger partial charge in [0.25, 0.3) is 3.90 Å². The number of halogens is 1. The minimum Gasteiger partial charge on any atom is -0.432 e. The first-order chi connectivity index (χ1) is 5.79. The highest BCUT2D eigenvalue weighted by Gasteiger charge is 2.02. The number of thioether (sulfide) groups is 1. The molecule has 2 aromatic rings. The fourth-order valence-electron chi connectivity index (χ4n) is 1.01. The predicted octanol–water partition coefficient (Wildman–Crippen LogP) is 3.15. The van der Waals surface area contributed by atoms with E-state index in [1.54, 1.807) is 11.8 Å². The van der Waals surface area contributed by atoms with Crippen molar-refractivity contribution < 1.29 is 4.42 Å². The molecule has 0 saturated carbocycles. The topological polar surface area (TPSA) is 26.0 Å². The molecule has 2 nitrogen and oxygen atoms in total. The van der Waals surface area contributed by atoms with Crippen LogP contribution in [0.25, 0.3) is 11.1 Å². The van der Waals surface area contributed by atoms with E-state index in [0.717, 1.165) is 11.1 Å². The van der Waals surface area contributed by atoms with Gasteiger partial charge in [-0.15, -0.1) is 11.8 Å². The maximum atomic E-state index is 5.33. The van der Waals surface area contributed by atoms with Gasteiger partial charge in [0.15, 0.2) is 5.58 Å². The van der Waals surface area contributed by atoms with E-state index in [9.17, 15) is 0 Å². The molecule has 12 heavy (non-hydrogen) atoms.